The van der Waals surface area contributed by atoms with Gasteiger partial charge in [0.2, 0.25) is 0 Å². The van der Waals surface area contributed by atoms with Crippen LogP contribution in [-0.4, -0.2) is 56.7 Å². The lowest BCUT2D eigenvalue weighted by Crippen LogP contribution is -2.36. The van der Waals surface area contributed by atoms with Crippen LogP contribution < -0.4 is 9.47 Å². The van der Waals surface area contributed by atoms with Crippen LogP contribution in [0.25, 0.3) is 10.2 Å². The molecule has 30 heavy (non-hydrogen) atoms. The van der Waals surface area contributed by atoms with Crippen molar-refractivity contribution in [1.29, 1.82) is 0 Å². The predicted molar refractivity (Wildman–Crippen MR) is 114 cm³/mol. The van der Waals surface area contributed by atoms with Crippen LogP contribution in [0.4, 0.5) is 0 Å². The van der Waals surface area contributed by atoms with Gasteiger partial charge in [-0.2, -0.15) is 5.21 Å². The summed E-state index contributed by atoms with van der Waals surface area (Å²) in [4.78, 5) is 6.92. The molecule has 1 aliphatic rings. The number of hydrogen-bond donors (Lipinski definition) is 1. The lowest BCUT2D eigenvalue weighted by Gasteiger charge is -2.30. The Bertz CT molecular complexity index is 1040. The molecule has 8 nitrogen and oxygen atoms in total. The third-order valence-corrected chi connectivity index (χ3v) is 6.21. The Morgan fingerprint density at radius 1 is 1.03 bits per heavy atom. The van der Waals surface area contributed by atoms with Crippen molar-refractivity contribution < 1.29 is 9.47 Å². The summed E-state index contributed by atoms with van der Waals surface area (Å²) in [5.74, 6) is 2.83. The van der Waals surface area contributed by atoms with Gasteiger partial charge in [0.15, 0.2) is 5.82 Å². The highest BCUT2D eigenvalue weighted by atomic mass is 32.1. The smallest absolute Gasteiger partial charge is 0.279 e. The number of likely N-dealkylation sites (tertiary alicyclic amines) is 1. The van der Waals surface area contributed by atoms with Gasteiger partial charge in [0, 0.05) is 12.5 Å². The van der Waals surface area contributed by atoms with Gasteiger partial charge in [-0.25, -0.2) is 4.98 Å². The Kier molecular flexibility index (Phi) is 5.54. The van der Waals surface area contributed by atoms with Crippen molar-refractivity contribution in [2.75, 3.05) is 26.2 Å². The number of tetrazole rings is 1. The fourth-order valence-corrected chi connectivity index (χ4v) is 4.48. The quantitative estimate of drug-likeness (QED) is 0.484. The molecular formula is C21H22N6O2S. The number of nitrogens with one attached hydrogen (secondary N) is 1. The first kappa shape index (κ1) is 19.0. The minimum absolute atomic E-state index is 0.406. The number of nitrogens with zero attached hydrogens (tertiary/aromatic N) is 5. The Hall–Kier alpha value is -3.04. The number of aromatic nitrogens is 5. The van der Waals surface area contributed by atoms with Crippen molar-refractivity contribution in [2.24, 2.45) is 0 Å². The molecule has 3 heterocycles. The summed E-state index contributed by atoms with van der Waals surface area (Å²) in [6.45, 7) is 3.61. The summed E-state index contributed by atoms with van der Waals surface area (Å²) in [5.41, 5.74) is 0.957. The topological polar surface area (TPSA) is 89.0 Å². The molecule has 1 saturated heterocycles. The summed E-state index contributed by atoms with van der Waals surface area (Å²) >= 11 is 1.54. The maximum Gasteiger partial charge on any atom is 0.279 e. The molecule has 1 fully saturated rings. The van der Waals surface area contributed by atoms with Gasteiger partial charge < -0.3 is 9.47 Å². The molecule has 0 atom stereocenters. The molecule has 5 rings (SSSR count). The number of piperidine rings is 1. The molecule has 2 aromatic heterocycles. The lowest BCUT2D eigenvalue weighted by atomic mass is 9.96. The van der Waals surface area contributed by atoms with E-state index in [-0.39, 0.29) is 0 Å². The van der Waals surface area contributed by atoms with Gasteiger partial charge in [0.1, 0.15) is 18.1 Å². The van der Waals surface area contributed by atoms with Gasteiger partial charge in [0.05, 0.1) is 10.2 Å². The van der Waals surface area contributed by atoms with Crippen LogP contribution in [-0.2, 0) is 0 Å². The largest absolute Gasteiger partial charge is 0.492 e. The van der Waals surface area contributed by atoms with Gasteiger partial charge >= 0.3 is 0 Å². The molecule has 1 N–H and O–H groups in total. The number of H-pyrrole nitrogens is 1. The number of aromatic amines is 1. The molecule has 0 unspecified atom stereocenters. The van der Waals surface area contributed by atoms with Crippen LogP contribution in [0.1, 0.15) is 24.6 Å². The zero-order valence-electron chi connectivity index (χ0n) is 16.4. The highest BCUT2D eigenvalue weighted by Gasteiger charge is 2.23. The highest BCUT2D eigenvalue weighted by Crippen LogP contribution is 2.31. The first-order valence-electron chi connectivity index (χ1n) is 10.1. The molecule has 0 saturated carbocycles. The zero-order valence-corrected chi connectivity index (χ0v) is 17.2. The van der Waals surface area contributed by atoms with Crippen molar-refractivity contribution in [3.05, 3.63) is 54.4 Å². The summed E-state index contributed by atoms with van der Waals surface area (Å²) in [5, 5.41) is 15.1. The molecule has 0 radical (unpaired) electrons. The van der Waals surface area contributed by atoms with E-state index in [1.165, 1.54) is 0 Å². The van der Waals surface area contributed by atoms with Gasteiger partial charge in [-0.15, -0.1) is 10.2 Å². The fraction of sp³-hybridized carbons (Fsp3) is 0.333. The van der Waals surface area contributed by atoms with Crippen LogP contribution in [0.2, 0.25) is 0 Å². The maximum atomic E-state index is 5.91. The van der Waals surface area contributed by atoms with E-state index in [9.17, 15) is 0 Å². The van der Waals surface area contributed by atoms with E-state index in [4.69, 9.17) is 9.47 Å². The zero-order chi connectivity index (χ0) is 20.2. The minimum Gasteiger partial charge on any atom is -0.492 e. The molecule has 154 valence electrons. The molecule has 0 spiro atoms. The maximum absolute atomic E-state index is 5.91. The Labute approximate surface area is 177 Å². The van der Waals surface area contributed by atoms with E-state index in [1.807, 2.05) is 48.5 Å². The second-order valence-electron chi connectivity index (χ2n) is 7.26. The summed E-state index contributed by atoms with van der Waals surface area (Å²) in [6.07, 6.45) is 2.11. The SMILES string of the molecule is c1ccc2sc(Oc3ccc(OCCN4CCC(c5nn[nH]n5)CC4)cc3)nc2c1. The van der Waals surface area contributed by atoms with E-state index in [0.29, 0.717) is 17.7 Å². The normalized spacial score (nSPS) is 15.5. The number of hydrogen-bond acceptors (Lipinski definition) is 8. The molecule has 0 amide bonds. The highest BCUT2D eigenvalue weighted by molar-refractivity contribution is 7.20. The molecule has 1 aliphatic heterocycles. The van der Waals surface area contributed by atoms with Crippen LogP contribution in [0.5, 0.6) is 16.7 Å². The molecule has 9 heteroatoms. The number of ether oxygens (including phenoxy) is 2. The summed E-state index contributed by atoms with van der Waals surface area (Å²) in [6, 6.07) is 15.7. The first-order valence-corrected chi connectivity index (χ1v) is 10.9. The summed E-state index contributed by atoms with van der Waals surface area (Å²) in [7, 11) is 0. The van der Waals surface area contributed by atoms with Crippen molar-refractivity contribution in [2.45, 2.75) is 18.8 Å². The number of para-hydroxylation sites is 1. The van der Waals surface area contributed by atoms with E-state index in [0.717, 1.165) is 60.0 Å². The lowest BCUT2D eigenvalue weighted by molar-refractivity contribution is 0.171. The number of fused-ring (bicyclic) bond motifs is 1. The predicted octanol–water partition coefficient (Wildman–Crippen LogP) is 3.86. The number of benzene rings is 2. The minimum atomic E-state index is 0.406. The molecule has 4 aromatic rings. The molecular weight excluding hydrogens is 400 g/mol. The van der Waals surface area contributed by atoms with Gasteiger partial charge in [-0.1, -0.05) is 28.7 Å². The van der Waals surface area contributed by atoms with Crippen LogP contribution >= 0.6 is 11.3 Å². The van der Waals surface area contributed by atoms with Crippen molar-refractivity contribution >= 4 is 21.6 Å². The van der Waals surface area contributed by atoms with Gasteiger partial charge in [-0.05, 0) is 62.3 Å². The summed E-state index contributed by atoms with van der Waals surface area (Å²) < 4.78 is 12.9. The number of thiazole rings is 1. The second-order valence-corrected chi connectivity index (χ2v) is 8.25. The average molecular weight is 423 g/mol. The third kappa shape index (κ3) is 4.42. The monoisotopic (exact) mass is 422 g/mol. The molecule has 0 bridgehead atoms. The average Bonchev–Trinajstić information content (AvgIpc) is 3.45. The molecule has 2 aromatic carbocycles. The van der Waals surface area contributed by atoms with E-state index in [1.54, 1.807) is 11.3 Å². The van der Waals surface area contributed by atoms with Crippen LogP contribution in [0.15, 0.2) is 48.5 Å². The molecule has 0 aliphatic carbocycles. The Morgan fingerprint density at radius 3 is 2.60 bits per heavy atom. The Morgan fingerprint density at radius 2 is 1.83 bits per heavy atom. The van der Waals surface area contributed by atoms with E-state index < -0.39 is 0 Å². The van der Waals surface area contributed by atoms with E-state index in [2.05, 4.69) is 30.5 Å². The van der Waals surface area contributed by atoms with Gasteiger partial charge in [0.25, 0.3) is 5.19 Å². The van der Waals surface area contributed by atoms with Crippen LogP contribution in [0, 0.1) is 0 Å². The number of rotatable bonds is 7. The van der Waals surface area contributed by atoms with Crippen molar-refractivity contribution in [3.63, 3.8) is 0 Å². The standard InChI is InChI=1S/C21H22N6O2S/c1-2-4-19-18(3-1)22-21(30-19)29-17-7-5-16(6-8-17)28-14-13-27-11-9-15(10-12-27)20-23-25-26-24-20/h1-8,15H,9-14H2,(H,23,24,25,26). The first-order chi connectivity index (χ1) is 14.8. The second kappa shape index (κ2) is 8.76. The Balaban J connectivity index is 1.07. The van der Waals surface area contributed by atoms with Crippen molar-refractivity contribution in [3.8, 4) is 16.7 Å². The fourth-order valence-electron chi connectivity index (χ4n) is 3.65. The van der Waals surface area contributed by atoms with Crippen LogP contribution in [0.3, 0.4) is 0 Å². The van der Waals surface area contributed by atoms with Gasteiger partial charge in [-0.3, -0.25) is 4.90 Å². The van der Waals surface area contributed by atoms with E-state index >= 15 is 0 Å². The third-order valence-electron chi connectivity index (χ3n) is 5.29. The van der Waals surface area contributed by atoms with Crippen molar-refractivity contribution in [1.82, 2.24) is 30.5 Å².